The van der Waals surface area contributed by atoms with Gasteiger partial charge >= 0.3 is 6.61 Å². The zero-order chi connectivity index (χ0) is 15.9. The minimum Gasteiger partial charge on any atom is -0.434 e. The van der Waals surface area contributed by atoms with Crippen LogP contribution in [0.2, 0.25) is 0 Å². The van der Waals surface area contributed by atoms with Gasteiger partial charge in [-0.3, -0.25) is 4.79 Å². The summed E-state index contributed by atoms with van der Waals surface area (Å²) >= 11 is 3.28. The van der Waals surface area contributed by atoms with Crippen LogP contribution in [-0.2, 0) is 11.3 Å². The van der Waals surface area contributed by atoms with E-state index in [0.717, 1.165) is 30.4 Å². The maximum atomic E-state index is 12.4. The molecule has 0 radical (unpaired) electrons. The number of hydrogen-bond donors (Lipinski definition) is 2. The summed E-state index contributed by atoms with van der Waals surface area (Å²) in [5, 5.41) is 6.02. The number of nitrogens with one attached hydrogen (secondary N) is 2. The lowest BCUT2D eigenvalue weighted by atomic mass is 10.0. The van der Waals surface area contributed by atoms with E-state index >= 15 is 0 Å². The van der Waals surface area contributed by atoms with E-state index in [9.17, 15) is 13.6 Å². The first kappa shape index (κ1) is 17.1. The van der Waals surface area contributed by atoms with Gasteiger partial charge in [0.2, 0.25) is 5.91 Å². The Morgan fingerprint density at radius 1 is 1.50 bits per heavy atom. The summed E-state index contributed by atoms with van der Waals surface area (Å²) in [6, 6.07) is 4.75. The molecule has 22 heavy (non-hydrogen) atoms. The van der Waals surface area contributed by atoms with Gasteiger partial charge in [0, 0.05) is 23.0 Å². The topological polar surface area (TPSA) is 50.4 Å². The lowest BCUT2D eigenvalue weighted by Crippen LogP contribution is -2.24. The van der Waals surface area contributed by atoms with E-state index in [0.29, 0.717) is 17.9 Å². The molecule has 1 aliphatic heterocycles. The molecule has 2 rings (SSSR count). The summed E-state index contributed by atoms with van der Waals surface area (Å²) in [7, 11) is 0. The summed E-state index contributed by atoms with van der Waals surface area (Å²) in [6.07, 6.45) is 2.40. The molecule has 1 aliphatic rings. The fourth-order valence-corrected chi connectivity index (χ4v) is 2.88. The third-order valence-electron chi connectivity index (χ3n) is 3.66. The van der Waals surface area contributed by atoms with Crippen molar-refractivity contribution in [3.63, 3.8) is 0 Å². The predicted molar refractivity (Wildman–Crippen MR) is 82.8 cm³/mol. The largest absolute Gasteiger partial charge is 0.434 e. The Kier molecular flexibility index (Phi) is 6.57. The Bertz CT molecular complexity index is 508. The minimum absolute atomic E-state index is 0.0742. The van der Waals surface area contributed by atoms with E-state index in [4.69, 9.17) is 0 Å². The van der Waals surface area contributed by atoms with Gasteiger partial charge in [0.25, 0.3) is 0 Å². The van der Waals surface area contributed by atoms with Crippen molar-refractivity contribution in [3.8, 4) is 5.75 Å². The zero-order valence-electron chi connectivity index (χ0n) is 12.1. The van der Waals surface area contributed by atoms with Gasteiger partial charge in [0.05, 0.1) is 0 Å². The van der Waals surface area contributed by atoms with Gasteiger partial charge in [-0.25, -0.2) is 0 Å². The lowest BCUT2D eigenvalue weighted by Gasteiger charge is -2.13. The molecule has 4 nitrogen and oxygen atoms in total. The maximum Gasteiger partial charge on any atom is 0.387 e. The predicted octanol–water partition coefficient (Wildman–Crippen LogP) is 3.06. The highest BCUT2D eigenvalue weighted by molar-refractivity contribution is 9.10. The first-order valence-corrected chi connectivity index (χ1v) is 8.04. The number of benzene rings is 1. The van der Waals surface area contributed by atoms with Crippen LogP contribution < -0.4 is 15.4 Å². The van der Waals surface area contributed by atoms with Crippen molar-refractivity contribution in [2.24, 2.45) is 5.92 Å². The molecule has 1 heterocycles. The molecular weight excluding hydrogens is 358 g/mol. The molecule has 1 fully saturated rings. The molecule has 0 bridgehead atoms. The Morgan fingerprint density at radius 3 is 3.00 bits per heavy atom. The number of alkyl halides is 2. The van der Waals surface area contributed by atoms with Crippen LogP contribution in [0, 0.1) is 5.92 Å². The Balaban J connectivity index is 1.84. The van der Waals surface area contributed by atoms with Gasteiger partial charge in [0.1, 0.15) is 5.75 Å². The maximum absolute atomic E-state index is 12.4. The van der Waals surface area contributed by atoms with Crippen LogP contribution in [0.1, 0.15) is 24.8 Å². The SMILES string of the molecule is O=C(CCC1CCNC1)NCc1cc(Br)ccc1OC(F)F. The van der Waals surface area contributed by atoms with Crippen LogP contribution in [0.3, 0.4) is 0 Å². The number of rotatable bonds is 7. The third kappa shape index (κ3) is 5.53. The quantitative estimate of drug-likeness (QED) is 0.768. The van der Waals surface area contributed by atoms with Gasteiger partial charge < -0.3 is 15.4 Å². The molecule has 122 valence electrons. The summed E-state index contributed by atoms with van der Waals surface area (Å²) in [5.74, 6) is 0.558. The molecule has 0 aromatic heterocycles. The molecule has 1 unspecified atom stereocenters. The highest BCUT2D eigenvalue weighted by atomic mass is 79.9. The van der Waals surface area contributed by atoms with Gasteiger partial charge in [0.15, 0.2) is 0 Å². The smallest absolute Gasteiger partial charge is 0.387 e. The number of carbonyl (C=O) groups is 1. The second kappa shape index (κ2) is 8.43. The van der Waals surface area contributed by atoms with Crippen molar-refractivity contribution in [1.82, 2.24) is 10.6 Å². The Hall–Kier alpha value is -1.21. The fourth-order valence-electron chi connectivity index (χ4n) is 2.48. The van der Waals surface area contributed by atoms with E-state index < -0.39 is 6.61 Å². The van der Waals surface area contributed by atoms with Crippen LogP contribution >= 0.6 is 15.9 Å². The van der Waals surface area contributed by atoms with Crippen molar-refractivity contribution >= 4 is 21.8 Å². The summed E-state index contributed by atoms with van der Waals surface area (Å²) in [6.45, 7) is -0.738. The molecule has 1 aromatic carbocycles. The van der Waals surface area contributed by atoms with E-state index in [1.54, 1.807) is 12.1 Å². The number of carbonyl (C=O) groups excluding carboxylic acids is 1. The molecule has 1 aromatic rings. The lowest BCUT2D eigenvalue weighted by molar-refractivity contribution is -0.121. The number of ether oxygens (including phenoxy) is 1. The number of amides is 1. The molecule has 1 atom stereocenters. The Labute approximate surface area is 136 Å². The summed E-state index contributed by atoms with van der Waals surface area (Å²) < 4.78 is 29.9. The minimum atomic E-state index is -2.88. The second-order valence-corrected chi connectivity index (χ2v) is 6.22. The van der Waals surface area contributed by atoms with E-state index in [1.165, 1.54) is 6.07 Å². The van der Waals surface area contributed by atoms with Gasteiger partial charge in [-0.15, -0.1) is 0 Å². The van der Waals surface area contributed by atoms with Crippen LogP contribution in [0.4, 0.5) is 8.78 Å². The first-order valence-electron chi connectivity index (χ1n) is 7.25. The Morgan fingerprint density at radius 2 is 2.32 bits per heavy atom. The van der Waals surface area contributed by atoms with Gasteiger partial charge in [-0.05, 0) is 50.0 Å². The molecule has 7 heteroatoms. The first-order chi connectivity index (χ1) is 10.5. The zero-order valence-corrected chi connectivity index (χ0v) is 13.7. The van der Waals surface area contributed by atoms with E-state index in [-0.39, 0.29) is 18.2 Å². The van der Waals surface area contributed by atoms with Crippen molar-refractivity contribution in [2.45, 2.75) is 32.4 Å². The second-order valence-electron chi connectivity index (χ2n) is 5.30. The van der Waals surface area contributed by atoms with Crippen molar-refractivity contribution in [3.05, 3.63) is 28.2 Å². The highest BCUT2D eigenvalue weighted by Gasteiger charge is 2.16. The molecular formula is C15H19BrF2N2O2. The number of halogens is 3. The van der Waals surface area contributed by atoms with Crippen LogP contribution in [0.25, 0.3) is 0 Å². The van der Waals surface area contributed by atoms with Crippen molar-refractivity contribution in [2.75, 3.05) is 13.1 Å². The normalized spacial score (nSPS) is 17.7. The monoisotopic (exact) mass is 376 g/mol. The average Bonchev–Trinajstić information content (AvgIpc) is 2.98. The van der Waals surface area contributed by atoms with Crippen molar-refractivity contribution in [1.29, 1.82) is 0 Å². The molecule has 1 saturated heterocycles. The summed E-state index contributed by atoms with van der Waals surface area (Å²) in [5.41, 5.74) is 0.519. The van der Waals surface area contributed by atoms with Crippen LogP contribution in [0.5, 0.6) is 5.75 Å². The van der Waals surface area contributed by atoms with Crippen LogP contribution in [0.15, 0.2) is 22.7 Å². The average molecular weight is 377 g/mol. The molecule has 2 N–H and O–H groups in total. The number of hydrogen-bond acceptors (Lipinski definition) is 3. The third-order valence-corrected chi connectivity index (χ3v) is 4.15. The van der Waals surface area contributed by atoms with E-state index in [2.05, 4.69) is 31.3 Å². The van der Waals surface area contributed by atoms with E-state index in [1.807, 2.05) is 0 Å². The molecule has 0 spiro atoms. The molecule has 0 aliphatic carbocycles. The van der Waals surface area contributed by atoms with Crippen LogP contribution in [-0.4, -0.2) is 25.6 Å². The van der Waals surface area contributed by atoms with Crippen molar-refractivity contribution < 1.29 is 18.3 Å². The van der Waals surface area contributed by atoms with Gasteiger partial charge in [-0.1, -0.05) is 15.9 Å². The highest BCUT2D eigenvalue weighted by Crippen LogP contribution is 2.24. The summed E-state index contributed by atoms with van der Waals surface area (Å²) in [4.78, 5) is 11.9. The van der Waals surface area contributed by atoms with Gasteiger partial charge in [-0.2, -0.15) is 8.78 Å². The fraction of sp³-hybridized carbons (Fsp3) is 0.533. The molecule has 0 saturated carbocycles. The molecule has 1 amide bonds. The standard InChI is InChI=1S/C15H19BrF2N2O2/c16-12-2-3-13(22-15(17)18)11(7-12)9-20-14(21)4-1-10-5-6-19-8-10/h2-3,7,10,15,19H,1,4-6,8-9H2,(H,20,21).